The molecule has 0 bridgehead atoms. The summed E-state index contributed by atoms with van der Waals surface area (Å²) >= 11 is 0.966. The molecule has 1 unspecified atom stereocenters. The Hall–Kier alpha value is -4.71. The van der Waals surface area contributed by atoms with Gasteiger partial charge in [0.15, 0.2) is 6.61 Å². The number of aromatic hydroxyl groups is 1. The highest BCUT2D eigenvalue weighted by molar-refractivity contribution is 8.15. The third-order valence-electron chi connectivity index (χ3n) is 7.70. The van der Waals surface area contributed by atoms with Crippen molar-refractivity contribution in [3.63, 3.8) is 0 Å². The van der Waals surface area contributed by atoms with E-state index in [1.165, 1.54) is 4.90 Å². The van der Waals surface area contributed by atoms with Gasteiger partial charge in [0, 0.05) is 24.2 Å². The number of amides is 4. The molecule has 0 aliphatic carbocycles. The molecule has 4 rings (SSSR count). The first kappa shape index (κ1) is 38.1. The fourth-order valence-electron chi connectivity index (χ4n) is 5.15. The van der Waals surface area contributed by atoms with Crippen molar-refractivity contribution < 1.29 is 38.5 Å². The van der Waals surface area contributed by atoms with E-state index in [9.17, 15) is 24.3 Å². The van der Waals surface area contributed by atoms with Gasteiger partial charge in [-0.25, -0.2) is 4.79 Å². The van der Waals surface area contributed by atoms with Crippen LogP contribution in [0.1, 0.15) is 79.0 Å². The monoisotopic (exact) mass is 705 g/mol. The zero-order valence-electron chi connectivity index (χ0n) is 30.3. The van der Waals surface area contributed by atoms with E-state index < -0.39 is 22.9 Å². The number of carbonyl (C=O) groups is 4. The summed E-state index contributed by atoms with van der Waals surface area (Å²) in [5.41, 5.74) is 1.54. The van der Waals surface area contributed by atoms with Gasteiger partial charge in [-0.3, -0.25) is 24.6 Å². The molecule has 3 N–H and O–H groups in total. The molecule has 50 heavy (non-hydrogen) atoms. The first-order valence-electron chi connectivity index (χ1n) is 16.3. The van der Waals surface area contributed by atoms with Crippen LogP contribution < -0.4 is 25.0 Å². The Morgan fingerprint density at radius 1 is 0.880 bits per heavy atom. The lowest BCUT2D eigenvalue weighted by Crippen LogP contribution is -2.34. The van der Waals surface area contributed by atoms with Gasteiger partial charge >= 0.3 is 6.09 Å². The highest BCUT2D eigenvalue weighted by Crippen LogP contribution is 2.43. The minimum Gasteiger partial charge on any atom is -0.508 e. The van der Waals surface area contributed by atoms with E-state index in [-0.39, 0.29) is 34.3 Å². The summed E-state index contributed by atoms with van der Waals surface area (Å²) in [5.74, 6) is 0.808. The molecule has 1 fully saturated rings. The number of phenols is 1. The Labute approximate surface area is 298 Å². The lowest BCUT2D eigenvalue weighted by Gasteiger charge is -2.28. The van der Waals surface area contributed by atoms with Gasteiger partial charge in [-0.15, -0.1) is 0 Å². The minimum absolute atomic E-state index is 0.186. The number of imide groups is 1. The number of hydrogen-bond donors (Lipinski definition) is 3. The maximum absolute atomic E-state index is 13.2. The molecule has 1 heterocycles. The van der Waals surface area contributed by atoms with E-state index in [0.29, 0.717) is 35.0 Å². The molecule has 0 saturated carbocycles. The Kier molecular flexibility index (Phi) is 11.2. The summed E-state index contributed by atoms with van der Waals surface area (Å²) < 4.78 is 17.8. The van der Waals surface area contributed by atoms with E-state index in [2.05, 4.69) is 10.6 Å². The molecule has 11 nitrogen and oxygen atoms in total. The van der Waals surface area contributed by atoms with Gasteiger partial charge in [-0.05, 0) is 80.0 Å². The third kappa shape index (κ3) is 9.93. The van der Waals surface area contributed by atoms with Gasteiger partial charge < -0.3 is 24.6 Å². The Morgan fingerprint density at radius 3 is 2.06 bits per heavy atom. The zero-order chi connectivity index (χ0) is 37.2. The maximum Gasteiger partial charge on any atom is 0.414 e. The topological polar surface area (TPSA) is 144 Å². The second-order valence-electron chi connectivity index (χ2n) is 15.3. The quantitative estimate of drug-likeness (QED) is 0.201. The van der Waals surface area contributed by atoms with Crippen LogP contribution in [0.2, 0.25) is 0 Å². The number of nitrogens with zero attached hydrogens (tertiary/aromatic N) is 1. The van der Waals surface area contributed by atoms with E-state index in [1.807, 2.05) is 47.6 Å². The van der Waals surface area contributed by atoms with Crippen molar-refractivity contribution in [2.45, 2.75) is 90.4 Å². The second kappa shape index (κ2) is 14.6. The molecule has 1 aliphatic rings. The van der Waals surface area contributed by atoms with Gasteiger partial charge in [0.1, 0.15) is 28.6 Å². The molecule has 1 saturated heterocycles. The summed E-state index contributed by atoms with van der Waals surface area (Å²) in [4.78, 5) is 50.9. The van der Waals surface area contributed by atoms with Crippen LogP contribution in [0.4, 0.5) is 21.0 Å². The number of hydrogen-bond acceptors (Lipinski definition) is 9. The summed E-state index contributed by atoms with van der Waals surface area (Å²) in [6.07, 6.45) is -0.243. The number of anilines is 2. The van der Waals surface area contributed by atoms with Crippen LogP contribution in [0.5, 0.6) is 23.0 Å². The highest BCUT2D eigenvalue weighted by Gasteiger charge is 2.32. The molecular weight excluding hydrogens is 658 g/mol. The van der Waals surface area contributed by atoms with E-state index in [0.717, 1.165) is 28.5 Å². The molecule has 0 radical (unpaired) electrons. The van der Waals surface area contributed by atoms with Gasteiger partial charge in [-0.2, -0.15) is 0 Å². The Bertz CT molecular complexity index is 1770. The number of rotatable bonds is 9. The van der Waals surface area contributed by atoms with Crippen LogP contribution >= 0.6 is 11.8 Å². The fraction of sp³-hybridized carbons (Fsp3) is 0.421. The van der Waals surface area contributed by atoms with Crippen molar-refractivity contribution in [1.82, 2.24) is 5.32 Å². The number of ether oxygens (including phenoxy) is 3. The van der Waals surface area contributed by atoms with E-state index in [4.69, 9.17) is 14.2 Å². The van der Waals surface area contributed by atoms with Crippen molar-refractivity contribution in [2.24, 2.45) is 0 Å². The van der Waals surface area contributed by atoms with E-state index in [1.54, 1.807) is 76.3 Å². The number of carbonyl (C=O) groups excluding carboxylic acids is 4. The summed E-state index contributed by atoms with van der Waals surface area (Å²) in [5, 5.41) is 15.2. The Balaban J connectivity index is 1.56. The van der Waals surface area contributed by atoms with Crippen LogP contribution in [0, 0.1) is 0 Å². The lowest BCUT2D eigenvalue weighted by atomic mass is 9.81. The molecule has 3 aromatic rings. The standard InChI is InChI=1S/C38H47N3O8S/c1-36(2,3)25-20-30(26(19-29(25)42)37(4,5)6)48-24-15-16-27(28(18-24)41(10)35(46)49-38(7,8)9)39-32(43)21-47-23-13-11-22(12-14-23)17-31-33(44)40-34(45)50-31/h11-16,18-20,31,42H,17,21H2,1-10H3,(H,39,43)(H,40,44,45). The number of phenolic OH excluding ortho intramolecular Hbond substituents is 1. The average molecular weight is 706 g/mol. The van der Waals surface area contributed by atoms with E-state index >= 15 is 0 Å². The summed E-state index contributed by atoms with van der Waals surface area (Å²) in [7, 11) is 1.54. The van der Waals surface area contributed by atoms with Gasteiger partial charge in [0.25, 0.3) is 11.1 Å². The average Bonchev–Trinajstić information content (AvgIpc) is 3.31. The molecular formula is C38H47N3O8S. The number of nitrogens with one attached hydrogen (secondary N) is 2. The predicted octanol–water partition coefficient (Wildman–Crippen LogP) is 8.06. The zero-order valence-corrected chi connectivity index (χ0v) is 31.2. The first-order valence-corrected chi connectivity index (χ1v) is 17.2. The maximum atomic E-state index is 13.2. The summed E-state index contributed by atoms with van der Waals surface area (Å²) in [6.45, 7) is 17.1. The van der Waals surface area contributed by atoms with Crippen LogP contribution in [-0.2, 0) is 31.6 Å². The molecule has 0 aromatic heterocycles. The third-order valence-corrected chi connectivity index (χ3v) is 8.68. The molecule has 3 aromatic carbocycles. The van der Waals surface area contributed by atoms with Crippen LogP contribution in [0.25, 0.3) is 0 Å². The molecule has 0 spiro atoms. The molecule has 1 aliphatic heterocycles. The highest BCUT2D eigenvalue weighted by atomic mass is 32.2. The smallest absolute Gasteiger partial charge is 0.414 e. The molecule has 1 atom stereocenters. The van der Waals surface area contributed by atoms with Crippen LogP contribution in [0.3, 0.4) is 0 Å². The van der Waals surface area contributed by atoms with Gasteiger partial charge in [0.05, 0.1) is 16.6 Å². The lowest BCUT2D eigenvalue weighted by molar-refractivity contribution is -0.119. The number of benzene rings is 3. The number of thioether (sulfide) groups is 1. The molecule has 4 amide bonds. The van der Waals surface area contributed by atoms with Crippen molar-refractivity contribution in [3.05, 3.63) is 71.3 Å². The SMILES string of the molecule is CN(C(=O)OC(C)(C)C)c1cc(Oc2cc(C(C)(C)C)c(O)cc2C(C)(C)C)ccc1NC(=O)COc1ccc(CC2SC(=O)NC2=O)cc1. The fourth-order valence-corrected chi connectivity index (χ4v) is 6.01. The largest absolute Gasteiger partial charge is 0.508 e. The minimum atomic E-state index is -0.761. The molecule has 12 heteroatoms. The normalized spacial score (nSPS) is 15.0. The first-order chi connectivity index (χ1) is 23.1. The van der Waals surface area contributed by atoms with Crippen molar-refractivity contribution in [1.29, 1.82) is 0 Å². The van der Waals surface area contributed by atoms with Crippen molar-refractivity contribution in [2.75, 3.05) is 23.9 Å². The van der Waals surface area contributed by atoms with Crippen LogP contribution in [0.15, 0.2) is 54.6 Å². The summed E-state index contributed by atoms with van der Waals surface area (Å²) in [6, 6.07) is 15.5. The van der Waals surface area contributed by atoms with Crippen LogP contribution in [-0.4, -0.2) is 52.8 Å². The molecule has 268 valence electrons. The van der Waals surface area contributed by atoms with Gasteiger partial charge in [-0.1, -0.05) is 65.4 Å². The second-order valence-corrected chi connectivity index (χ2v) is 16.4. The van der Waals surface area contributed by atoms with Crippen molar-refractivity contribution in [3.8, 4) is 23.0 Å². The predicted molar refractivity (Wildman–Crippen MR) is 196 cm³/mol. The van der Waals surface area contributed by atoms with Crippen molar-refractivity contribution >= 4 is 46.3 Å². The van der Waals surface area contributed by atoms with Gasteiger partial charge in [0.2, 0.25) is 5.91 Å². The Morgan fingerprint density at radius 2 is 1.50 bits per heavy atom.